The first-order valence-corrected chi connectivity index (χ1v) is 6.05. The lowest BCUT2D eigenvalue weighted by Crippen LogP contribution is -2.57. The number of halogens is 1. The molecular weight excluding hydrogens is 248 g/mol. The molecule has 1 saturated heterocycles. The molecule has 0 amide bonds. The number of esters is 1. The van der Waals surface area contributed by atoms with Crippen LogP contribution in [-0.4, -0.2) is 28.6 Å². The number of hydrogen-bond donors (Lipinski definition) is 1. The van der Waals surface area contributed by atoms with Crippen molar-refractivity contribution in [2.45, 2.75) is 30.2 Å². The molecule has 4 heteroatoms. The minimum absolute atomic E-state index is 0.0361. The number of aliphatic hydroxyl groups excluding tert-OH is 1. The van der Waals surface area contributed by atoms with E-state index in [-0.39, 0.29) is 34.2 Å². The van der Waals surface area contributed by atoms with Crippen molar-refractivity contribution in [3.8, 4) is 0 Å². The number of alkyl halides is 1. The van der Waals surface area contributed by atoms with E-state index < -0.39 is 0 Å². The van der Waals surface area contributed by atoms with Crippen LogP contribution in [0.1, 0.15) is 19.3 Å². The first-order valence-electron chi connectivity index (χ1n) is 5.14. The highest BCUT2D eigenvalue weighted by Crippen LogP contribution is 2.59. The molecule has 4 aliphatic rings. The molecular formula is C10H13BrO3. The van der Waals surface area contributed by atoms with Crippen molar-refractivity contribution in [2.75, 3.05) is 6.61 Å². The number of carbonyl (C=O) groups is 1. The summed E-state index contributed by atoms with van der Waals surface area (Å²) in [6.45, 7) is 0.496. The van der Waals surface area contributed by atoms with Crippen LogP contribution in [0.2, 0.25) is 0 Å². The van der Waals surface area contributed by atoms with E-state index in [2.05, 4.69) is 15.9 Å². The van der Waals surface area contributed by atoms with Crippen LogP contribution in [0.4, 0.5) is 0 Å². The largest absolute Gasteiger partial charge is 0.465 e. The maximum Gasteiger partial charge on any atom is 0.309 e. The number of aliphatic hydroxyl groups is 1. The molecule has 78 valence electrons. The molecule has 0 aromatic carbocycles. The molecule has 1 heterocycles. The number of cyclic esters (lactones) is 1. The smallest absolute Gasteiger partial charge is 0.309 e. The second kappa shape index (κ2) is 2.73. The lowest BCUT2D eigenvalue weighted by Gasteiger charge is -2.52. The highest BCUT2D eigenvalue weighted by Gasteiger charge is 2.63. The van der Waals surface area contributed by atoms with Gasteiger partial charge in [-0.3, -0.25) is 4.79 Å². The summed E-state index contributed by atoms with van der Waals surface area (Å²) in [7, 11) is 0. The molecule has 2 bridgehead atoms. The van der Waals surface area contributed by atoms with Gasteiger partial charge in [0.25, 0.3) is 0 Å². The third-order valence-corrected chi connectivity index (χ3v) is 5.77. The highest BCUT2D eigenvalue weighted by atomic mass is 79.9. The van der Waals surface area contributed by atoms with Crippen LogP contribution in [0.3, 0.4) is 0 Å². The molecule has 0 aromatic rings. The molecule has 1 N–H and O–H groups in total. The van der Waals surface area contributed by atoms with Gasteiger partial charge in [-0.1, -0.05) is 15.9 Å². The van der Waals surface area contributed by atoms with Gasteiger partial charge >= 0.3 is 5.97 Å². The third kappa shape index (κ3) is 0.890. The molecule has 0 aromatic heterocycles. The number of ether oxygens (including phenoxy) is 1. The highest BCUT2D eigenvalue weighted by molar-refractivity contribution is 9.09. The Kier molecular flexibility index (Phi) is 1.78. The monoisotopic (exact) mass is 260 g/mol. The van der Waals surface area contributed by atoms with E-state index in [1.807, 2.05) is 0 Å². The normalized spacial score (nSPS) is 55.7. The van der Waals surface area contributed by atoms with Gasteiger partial charge in [0.05, 0.1) is 23.5 Å². The SMILES string of the molecule is O=C1OCC23CCC(CC12)C(O)C3Br. The zero-order valence-corrected chi connectivity index (χ0v) is 9.37. The maximum absolute atomic E-state index is 11.5. The van der Waals surface area contributed by atoms with Crippen molar-refractivity contribution in [1.29, 1.82) is 0 Å². The average molecular weight is 261 g/mol. The molecule has 3 aliphatic carbocycles. The summed E-state index contributed by atoms with van der Waals surface area (Å²) >= 11 is 3.55. The summed E-state index contributed by atoms with van der Waals surface area (Å²) in [5, 5.41) is 9.98. The Balaban J connectivity index is 2.03. The Morgan fingerprint density at radius 1 is 1.57 bits per heavy atom. The van der Waals surface area contributed by atoms with E-state index >= 15 is 0 Å². The molecule has 4 fully saturated rings. The Morgan fingerprint density at radius 3 is 3.14 bits per heavy atom. The van der Waals surface area contributed by atoms with Crippen LogP contribution in [-0.2, 0) is 9.53 Å². The molecule has 5 atom stereocenters. The van der Waals surface area contributed by atoms with Gasteiger partial charge in [0.15, 0.2) is 0 Å². The van der Waals surface area contributed by atoms with Crippen molar-refractivity contribution in [1.82, 2.24) is 0 Å². The Bertz CT molecular complexity index is 293. The molecule has 3 nitrogen and oxygen atoms in total. The Hall–Kier alpha value is -0.0900. The Morgan fingerprint density at radius 2 is 2.36 bits per heavy atom. The summed E-state index contributed by atoms with van der Waals surface area (Å²) in [4.78, 5) is 11.6. The molecule has 1 spiro atoms. The summed E-state index contributed by atoms with van der Waals surface area (Å²) in [6.07, 6.45) is 2.58. The summed E-state index contributed by atoms with van der Waals surface area (Å²) in [5.41, 5.74) is -0.106. The molecule has 14 heavy (non-hydrogen) atoms. The quantitative estimate of drug-likeness (QED) is 0.524. The van der Waals surface area contributed by atoms with Gasteiger partial charge in [0.2, 0.25) is 0 Å². The topological polar surface area (TPSA) is 46.5 Å². The van der Waals surface area contributed by atoms with E-state index in [0.29, 0.717) is 6.61 Å². The zero-order chi connectivity index (χ0) is 9.92. The summed E-state index contributed by atoms with van der Waals surface area (Å²) in [6, 6.07) is 0. The van der Waals surface area contributed by atoms with Gasteiger partial charge in [0.1, 0.15) is 0 Å². The fourth-order valence-corrected chi connectivity index (χ4v) is 4.50. The van der Waals surface area contributed by atoms with Crippen molar-refractivity contribution < 1.29 is 14.6 Å². The van der Waals surface area contributed by atoms with Gasteiger partial charge in [0, 0.05) is 5.41 Å². The van der Waals surface area contributed by atoms with Crippen LogP contribution in [0.25, 0.3) is 0 Å². The van der Waals surface area contributed by atoms with Crippen LogP contribution >= 0.6 is 15.9 Å². The average Bonchev–Trinajstić information content (AvgIpc) is 2.54. The first-order chi connectivity index (χ1) is 6.65. The van der Waals surface area contributed by atoms with Crippen LogP contribution < -0.4 is 0 Å². The maximum atomic E-state index is 11.5. The van der Waals surface area contributed by atoms with Crippen LogP contribution in [0.5, 0.6) is 0 Å². The molecule has 1 aliphatic heterocycles. The predicted molar refractivity (Wildman–Crippen MR) is 52.9 cm³/mol. The molecule has 5 unspecified atom stereocenters. The first kappa shape index (κ1) is 9.16. The van der Waals surface area contributed by atoms with Crippen molar-refractivity contribution in [2.24, 2.45) is 17.3 Å². The van der Waals surface area contributed by atoms with Gasteiger partial charge in [-0.2, -0.15) is 0 Å². The third-order valence-electron chi connectivity index (χ3n) is 4.31. The lowest BCUT2D eigenvalue weighted by molar-refractivity contribution is -0.143. The predicted octanol–water partition coefficient (Wildman–Crippen LogP) is 1.08. The van der Waals surface area contributed by atoms with E-state index in [4.69, 9.17) is 4.74 Å². The lowest BCUT2D eigenvalue weighted by atomic mass is 9.55. The van der Waals surface area contributed by atoms with E-state index in [1.165, 1.54) is 0 Å². The minimum Gasteiger partial charge on any atom is -0.465 e. The summed E-state index contributed by atoms with van der Waals surface area (Å²) < 4.78 is 5.16. The fraction of sp³-hybridized carbons (Fsp3) is 0.900. The zero-order valence-electron chi connectivity index (χ0n) is 7.78. The molecule has 3 saturated carbocycles. The van der Waals surface area contributed by atoms with Gasteiger partial charge in [-0.15, -0.1) is 0 Å². The standard InChI is InChI=1S/C10H13BrO3/c11-8-7(12)5-1-2-10(8)4-14-9(13)6(10)3-5/h5-8,12H,1-4H2. The number of hydrogen-bond acceptors (Lipinski definition) is 3. The molecule has 4 rings (SSSR count). The fourth-order valence-electron chi connectivity index (χ4n) is 3.39. The minimum atomic E-state index is -0.297. The van der Waals surface area contributed by atoms with Crippen LogP contribution in [0, 0.1) is 17.3 Å². The second-order valence-electron chi connectivity index (χ2n) is 4.82. The second-order valence-corrected chi connectivity index (χ2v) is 5.81. The number of fused-ring (bicyclic) bond motifs is 2. The van der Waals surface area contributed by atoms with Crippen LogP contribution in [0.15, 0.2) is 0 Å². The Labute approximate surface area is 90.9 Å². The van der Waals surface area contributed by atoms with E-state index in [9.17, 15) is 9.90 Å². The number of carbonyl (C=O) groups excluding carboxylic acids is 1. The van der Waals surface area contributed by atoms with E-state index in [0.717, 1.165) is 19.3 Å². The van der Waals surface area contributed by atoms with E-state index in [1.54, 1.807) is 0 Å². The van der Waals surface area contributed by atoms with Crippen molar-refractivity contribution in [3.63, 3.8) is 0 Å². The van der Waals surface area contributed by atoms with Gasteiger partial charge in [-0.05, 0) is 25.2 Å². The number of rotatable bonds is 0. The van der Waals surface area contributed by atoms with Crippen molar-refractivity contribution in [3.05, 3.63) is 0 Å². The van der Waals surface area contributed by atoms with Crippen molar-refractivity contribution >= 4 is 21.9 Å². The van der Waals surface area contributed by atoms with Gasteiger partial charge < -0.3 is 9.84 Å². The molecule has 0 radical (unpaired) electrons. The van der Waals surface area contributed by atoms with Gasteiger partial charge in [-0.25, -0.2) is 0 Å². The summed E-state index contributed by atoms with van der Waals surface area (Å²) in [5.74, 6) is 0.275.